The van der Waals surface area contributed by atoms with E-state index in [2.05, 4.69) is 10.4 Å². The van der Waals surface area contributed by atoms with Gasteiger partial charge in [-0.2, -0.15) is 0 Å². The largest absolute Gasteiger partial charge is 0.389 e. The van der Waals surface area contributed by atoms with Crippen molar-refractivity contribution in [3.05, 3.63) is 0 Å². The molecule has 1 aliphatic heterocycles. The second kappa shape index (κ2) is 4.18. The summed E-state index contributed by atoms with van der Waals surface area (Å²) in [6, 6.07) is 0. The molecular weight excluding hydrogens is 156 g/mol. The molecule has 1 heterocycles. The molecule has 1 fully saturated rings. The highest BCUT2D eigenvalue weighted by Gasteiger charge is 2.15. The average molecular weight is 174 g/mol. The van der Waals surface area contributed by atoms with Gasteiger partial charge in [0.2, 0.25) is 0 Å². The Morgan fingerprint density at radius 1 is 1.42 bits per heavy atom. The van der Waals surface area contributed by atoms with Crippen molar-refractivity contribution in [2.45, 2.75) is 19.4 Å². The highest BCUT2D eigenvalue weighted by molar-refractivity contribution is 4.68. The van der Waals surface area contributed by atoms with Gasteiger partial charge in [0.15, 0.2) is 0 Å². The Balaban J connectivity index is 2.13. The Hall–Kier alpha value is -0.160. The van der Waals surface area contributed by atoms with Gasteiger partial charge >= 0.3 is 0 Å². The van der Waals surface area contributed by atoms with E-state index in [1.54, 1.807) is 13.8 Å². The van der Waals surface area contributed by atoms with Gasteiger partial charge in [-0.15, -0.1) is 0 Å². The molecule has 1 aliphatic rings. The van der Waals surface area contributed by atoms with E-state index in [0.717, 1.165) is 26.3 Å². The predicted molar refractivity (Wildman–Crippen MR) is 46.7 cm³/mol. The first kappa shape index (κ1) is 9.92. The molecule has 1 rings (SSSR count). The lowest BCUT2D eigenvalue weighted by Crippen LogP contribution is -2.50. The Labute approximate surface area is 73.5 Å². The number of hydrogen-bond donors (Lipinski definition) is 2. The summed E-state index contributed by atoms with van der Waals surface area (Å²) in [5.41, 5.74) is 2.52. The second-order valence-electron chi connectivity index (χ2n) is 3.75. The van der Waals surface area contributed by atoms with Crippen LogP contribution in [-0.2, 0) is 4.74 Å². The van der Waals surface area contributed by atoms with Crippen molar-refractivity contribution in [2.24, 2.45) is 0 Å². The molecule has 72 valence electrons. The van der Waals surface area contributed by atoms with E-state index < -0.39 is 5.60 Å². The van der Waals surface area contributed by atoms with Crippen molar-refractivity contribution in [3.8, 4) is 0 Å². The molecule has 0 spiro atoms. The van der Waals surface area contributed by atoms with Gasteiger partial charge in [-0.3, -0.25) is 5.43 Å². The third-order valence-corrected chi connectivity index (χ3v) is 1.75. The summed E-state index contributed by atoms with van der Waals surface area (Å²) in [6.45, 7) is 7.53. The van der Waals surface area contributed by atoms with Crippen molar-refractivity contribution in [1.29, 1.82) is 0 Å². The van der Waals surface area contributed by atoms with Crippen LogP contribution in [-0.4, -0.2) is 48.6 Å². The summed E-state index contributed by atoms with van der Waals surface area (Å²) in [5.74, 6) is 0. The number of nitrogens with zero attached hydrogens (tertiary/aromatic N) is 1. The number of rotatable bonds is 3. The summed E-state index contributed by atoms with van der Waals surface area (Å²) in [5, 5.41) is 11.5. The van der Waals surface area contributed by atoms with Gasteiger partial charge in [0.05, 0.1) is 18.8 Å². The van der Waals surface area contributed by atoms with Crippen LogP contribution in [0.5, 0.6) is 0 Å². The third kappa shape index (κ3) is 4.01. The predicted octanol–water partition coefficient (Wildman–Crippen LogP) is -0.406. The monoisotopic (exact) mass is 174 g/mol. The fourth-order valence-electron chi connectivity index (χ4n) is 1.03. The van der Waals surface area contributed by atoms with E-state index in [1.165, 1.54) is 0 Å². The summed E-state index contributed by atoms with van der Waals surface area (Å²) < 4.78 is 5.19. The minimum absolute atomic E-state index is 0.590. The number of hydrazine groups is 1. The number of ether oxygens (including phenoxy) is 1. The molecule has 0 aromatic rings. The first-order valence-electron chi connectivity index (χ1n) is 4.36. The van der Waals surface area contributed by atoms with Crippen LogP contribution < -0.4 is 5.43 Å². The van der Waals surface area contributed by atoms with Crippen molar-refractivity contribution in [2.75, 3.05) is 32.8 Å². The van der Waals surface area contributed by atoms with Crippen molar-refractivity contribution in [3.63, 3.8) is 0 Å². The molecular formula is C8H18N2O2. The quantitative estimate of drug-likeness (QED) is 0.611. The number of hydrogen-bond acceptors (Lipinski definition) is 4. The lowest BCUT2D eigenvalue weighted by atomic mass is 10.1. The maximum atomic E-state index is 9.43. The van der Waals surface area contributed by atoms with E-state index in [0.29, 0.717) is 6.54 Å². The van der Waals surface area contributed by atoms with Crippen molar-refractivity contribution < 1.29 is 9.84 Å². The van der Waals surface area contributed by atoms with Crippen LogP contribution in [0.15, 0.2) is 0 Å². The molecule has 2 N–H and O–H groups in total. The van der Waals surface area contributed by atoms with Crippen LogP contribution in [0, 0.1) is 0 Å². The minimum Gasteiger partial charge on any atom is -0.389 e. The van der Waals surface area contributed by atoms with Crippen LogP contribution in [0.3, 0.4) is 0 Å². The molecule has 4 heteroatoms. The van der Waals surface area contributed by atoms with Crippen LogP contribution in [0.1, 0.15) is 13.8 Å². The number of nitrogens with one attached hydrogen (secondary N) is 1. The zero-order chi connectivity index (χ0) is 9.03. The molecule has 12 heavy (non-hydrogen) atoms. The zero-order valence-corrected chi connectivity index (χ0v) is 7.84. The Morgan fingerprint density at radius 2 is 2.00 bits per heavy atom. The van der Waals surface area contributed by atoms with Crippen LogP contribution in [0.25, 0.3) is 0 Å². The van der Waals surface area contributed by atoms with Gasteiger partial charge in [-0.1, -0.05) is 0 Å². The average Bonchev–Trinajstić information content (AvgIpc) is 2.02. The molecule has 4 nitrogen and oxygen atoms in total. The zero-order valence-electron chi connectivity index (χ0n) is 7.84. The fraction of sp³-hybridized carbons (Fsp3) is 1.00. The fourth-order valence-corrected chi connectivity index (χ4v) is 1.03. The smallest absolute Gasteiger partial charge is 0.0729 e. The summed E-state index contributed by atoms with van der Waals surface area (Å²) in [7, 11) is 0. The molecule has 0 unspecified atom stereocenters. The van der Waals surface area contributed by atoms with E-state index >= 15 is 0 Å². The molecule has 0 radical (unpaired) electrons. The lowest BCUT2D eigenvalue weighted by Gasteiger charge is -2.30. The molecule has 0 bridgehead atoms. The minimum atomic E-state index is -0.641. The van der Waals surface area contributed by atoms with Gasteiger partial charge in [-0.05, 0) is 13.8 Å². The SMILES string of the molecule is CC(C)(O)CNN1CCOCC1. The number of morpholine rings is 1. The molecule has 0 aromatic carbocycles. The molecule has 0 aliphatic carbocycles. The Kier molecular flexibility index (Phi) is 3.46. The van der Waals surface area contributed by atoms with E-state index in [1.807, 2.05) is 0 Å². The Morgan fingerprint density at radius 3 is 2.50 bits per heavy atom. The van der Waals surface area contributed by atoms with Crippen molar-refractivity contribution in [1.82, 2.24) is 10.4 Å². The van der Waals surface area contributed by atoms with Crippen molar-refractivity contribution >= 4 is 0 Å². The van der Waals surface area contributed by atoms with Crippen LogP contribution in [0.2, 0.25) is 0 Å². The van der Waals surface area contributed by atoms with Gasteiger partial charge in [0.25, 0.3) is 0 Å². The van der Waals surface area contributed by atoms with Gasteiger partial charge in [-0.25, -0.2) is 5.01 Å². The second-order valence-corrected chi connectivity index (χ2v) is 3.75. The summed E-state index contributed by atoms with van der Waals surface area (Å²) in [6.07, 6.45) is 0. The van der Waals surface area contributed by atoms with Gasteiger partial charge in [0, 0.05) is 19.6 Å². The molecule has 0 amide bonds. The third-order valence-electron chi connectivity index (χ3n) is 1.75. The standard InChI is InChI=1S/C8H18N2O2/c1-8(2,11)7-9-10-3-5-12-6-4-10/h9,11H,3-7H2,1-2H3. The normalized spacial score (nSPS) is 21.2. The molecule has 0 aromatic heterocycles. The van der Waals surface area contributed by atoms with Crippen LogP contribution >= 0.6 is 0 Å². The lowest BCUT2D eigenvalue weighted by molar-refractivity contribution is -0.0102. The molecule has 0 saturated carbocycles. The molecule has 1 saturated heterocycles. The van der Waals surface area contributed by atoms with E-state index in [4.69, 9.17) is 4.74 Å². The summed E-state index contributed by atoms with van der Waals surface area (Å²) in [4.78, 5) is 0. The summed E-state index contributed by atoms with van der Waals surface area (Å²) >= 11 is 0. The topological polar surface area (TPSA) is 44.7 Å². The van der Waals surface area contributed by atoms with E-state index in [-0.39, 0.29) is 0 Å². The Bertz CT molecular complexity index is 128. The highest BCUT2D eigenvalue weighted by atomic mass is 16.5. The van der Waals surface area contributed by atoms with Crippen LogP contribution in [0.4, 0.5) is 0 Å². The first-order valence-corrected chi connectivity index (χ1v) is 4.36. The maximum absolute atomic E-state index is 9.43. The highest BCUT2D eigenvalue weighted by Crippen LogP contribution is 1.99. The number of aliphatic hydroxyl groups is 1. The molecule has 0 atom stereocenters. The van der Waals surface area contributed by atoms with E-state index in [9.17, 15) is 5.11 Å². The maximum Gasteiger partial charge on any atom is 0.0729 e. The first-order chi connectivity index (χ1) is 5.58. The van der Waals surface area contributed by atoms with Gasteiger partial charge in [0.1, 0.15) is 0 Å². The van der Waals surface area contributed by atoms with Gasteiger partial charge < -0.3 is 9.84 Å².